The fourth-order valence-corrected chi connectivity index (χ4v) is 2.79. The Labute approximate surface area is 130 Å². The van der Waals surface area contributed by atoms with Crippen molar-refractivity contribution < 1.29 is 19.5 Å². The number of hydrogen-bond acceptors (Lipinski definition) is 5. The van der Waals surface area contributed by atoms with Gasteiger partial charge in [0.2, 0.25) is 0 Å². The number of allylic oxidation sites excluding steroid dienone is 1. The Morgan fingerprint density at radius 1 is 1.14 bits per heavy atom. The van der Waals surface area contributed by atoms with Crippen LogP contribution in [0.4, 0.5) is 0 Å². The van der Waals surface area contributed by atoms with Gasteiger partial charge < -0.3 is 16.6 Å². The van der Waals surface area contributed by atoms with Crippen molar-refractivity contribution in [3.05, 3.63) is 11.1 Å². The molecule has 124 valence electrons. The van der Waals surface area contributed by atoms with Crippen LogP contribution < -0.4 is 11.5 Å². The van der Waals surface area contributed by atoms with Gasteiger partial charge in [-0.05, 0) is 37.2 Å². The zero-order chi connectivity index (χ0) is 17.1. The van der Waals surface area contributed by atoms with Crippen LogP contribution in [0.2, 0.25) is 0 Å². The normalized spacial score (nSPS) is 20.7. The number of carboxylic acids is 1. The van der Waals surface area contributed by atoms with E-state index in [2.05, 4.69) is 0 Å². The summed E-state index contributed by atoms with van der Waals surface area (Å²) in [5.41, 5.74) is 12.0. The van der Waals surface area contributed by atoms with Gasteiger partial charge in [-0.1, -0.05) is 13.8 Å². The number of carbonyl (C=O) groups is 3. The third-order valence-electron chi connectivity index (χ3n) is 4.13. The minimum Gasteiger partial charge on any atom is -0.480 e. The Bertz CT molecular complexity index is 486. The van der Waals surface area contributed by atoms with E-state index in [1.807, 2.05) is 13.8 Å². The molecule has 0 aromatic carbocycles. The molecule has 22 heavy (non-hydrogen) atoms. The minimum atomic E-state index is -1.04. The van der Waals surface area contributed by atoms with Crippen LogP contribution in [-0.2, 0) is 14.4 Å². The molecule has 6 heteroatoms. The van der Waals surface area contributed by atoms with Crippen LogP contribution >= 0.6 is 0 Å². The van der Waals surface area contributed by atoms with Gasteiger partial charge in [0.15, 0.2) is 11.6 Å². The Hall–Kier alpha value is -1.53. The highest BCUT2D eigenvalue weighted by molar-refractivity contribution is 6.22. The third kappa shape index (κ3) is 4.74. The van der Waals surface area contributed by atoms with Gasteiger partial charge in [0, 0.05) is 18.9 Å². The van der Waals surface area contributed by atoms with Gasteiger partial charge in [-0.2, -0.15) is 0 Å². The lowest BCUT2D eigenvalue weighted by atomic mass is 9.72. The molecule has 0 amide bonds. The lowest BCUT2D eigenvalue weighted by molar-refractivity contribution is -0.138. The summed E-state index contributed by atoms with van der Waals surface area (Å²) in [5, 5.41) is 8.72. The molecule has 2 atom stereocenters. The van der Waals surface area contributed by atoms with Crippen LogP contribution in [0.25, 0.3) is 0 Å². The SMILES string of the molecule is CC(=C1C(=O)CC(C)(C)CC1=O)C(N)CCC[C@H](N)C(=O)O. The highest BCUT2D eigenvalue weighted by Gasteiger charge is 2.37. The lowest BCUT2D eigenvalue weighted by Crippen LogP contribution is -2.35. The van der Waals surface area contributed by atoms with Crippen molar-refractivity contribution in [1.29, 1.82) is 0 Å². The van der Waals surface area contributed by atoms with E-state index in [1.54, 1.807) is 6.92 Å². The molecule has 0 spiro atoms. The number of carboxylic acid groups (broad SMARTS) is 1. The average Bonchev–Trinajstić information content (AvgIpc) is 2.35. The molecule has 0 aliphatic heterocycles. The monoisotopic (exact) mass is 310 g/mol. The Morgan fingerprint density at radius 3 is 2.05 bits per heavy atom. The fourth-order valence-electron chi connectivity index (χ4n) is 2.79. The molecule has 0 bridgehead atoms. The highest BCUT2D eigenvalue weighted by atomic mass is 16.4. The van der Waals surface area contributed by atoms with Gasteiger partial charge >= 0.3 is 5.97 Å². The van der Waals surface area contributed by atoms with Crippen LogP contribution in [-0.4, -0.2) is 34.7 Å². The summed E-state index contributed by atoms with van der Waals surface area (Å²) >= 11 is 0. The van der Waals surface area contributed by atoms with Gasteiger partial charge in [0.05, 0.1) is 5.57 Å². The Morgan fingerprint density at radius 2 is 1.59 bits per heavy atom. The zero-order valence-corrected chi connectivity index (χ0v) is 13.5. The molecule has 1 aliphatic rings. The molecule has 1 unspecified atom stereocenters. The van der Waals surface area contributed by atoms with E-state index in [4.69, 9.17) is 16.6 Å². The summed E-state index contributed by atoms with van der Waals surface area (Å²) in [6.45, 7) is 5.52. The van der Waals surface area contributed by atoms with E-state index in [-0.39, 0.29) is 22.6 Å². The maximum atomic E-state index is 12.2. The van der Waals surface area contributed by atoms with Gasteiger partial charge in [0.1, 0.15) is 6.04 Å². The number of aliphatic carboxylic acids is 1. The first-order chi connectivity index (χ1) is 10.0. The fraction of sp³-hybridized carbons (Fsp3) is 0.688. The van der Waals surface area contributed by atoms with Crippen molar-refractivity contribution in [1.82, 2.24) is 0 Å². The summed E-state index contributed by atoms with van der Waals surface area (Å²) in [6, 6.07) is -1.33. The van der Waals surface area contributed by atoms with Crippen molar-refractivity contribution in [2.75, 3.05) is 0 Å². The van der Waals surface area contributed by atoms with Gasteiger partial charge in [-0.15, -0.1) is 0 Å². The van der Waals surface area contributed by atoms with E-state index in [9.17, 15) is 14.4 Å². The summed E-state index contributed by atoms with van der Waals surface area (Å²) in [6.07, 6.45) is 2.05. The number of ketones is 2. The van der Waals surface area contributed by atoms with Crippen LogP contribution in [0.5, 0.6) is 0 Å². The van der Waals surface area contributed by atoms with Crippen LogP contribution in [0, 0.1) is 5.41 Å². The molecule has 6 nitrogen and oxygen atoms in total. The maximum absolute atomic E-state index is 12.2. The first-order valence-electron chi connectivity index (χ1n) is 7.56. The van der Waals surface area contributed by atoms with E-state index < -0.39 is 18.1 Å². The molecule has 0 saturated heterocycles. The molecule has 5 N–H and O–H groups in total. The summed E-state index contributed by atoms with van der Waals surface area (Å²) in [5.74, 6) is -1.32. The molecule has 0 aromatic rings. The summed E-state index contributed by atoms with van der Waals surface area (Å²) in [7, 11) is 0. The summed E-state index contributed by atoms with van der Waals surface area (Å²) in [4.78, 5) is 35.1. The first-order valence-corrected chi connectivity index (χ1v) is 7.56. The number of carbonyl (C=O) groups excluding carboxylic acids is 2. The van der Waals surface area contributed by atoms with Gasteiger partial charge in [-0.25, -0.2) is 0 Å². The number of hydrogen-bond donors (Lipinski definition) is 3. The molecule has 1 saturated carbocycles. The van der Waals surface area contributed by atoms with Crippen molar-refractivity contribution in [2.24, 2.45) is 16.9 Å². The molecular formula is C16H26N2O4. The molecule has 0 aromatic heterocycles. The van der Waals surface area contributed by atoms with Crippen LogP contribution in [0.3, 0.4) is 0 Å². The van der Waals surface area contributed by atoms with Crippen molar-refractivity contribution in [3.8, 4) is 0 Å². The second-order valence-electron chi connectivity index (χ2n) is 6.90. The standard InChI is InChI=1S/C16H26N2O4/c1-9(10(17)5-4-6-11(18)15(21)22)14-12(19)7-16(2,3)8-13(14)20/h10-11H,4-8,17-18H2,1-3H3,(H,21,22)/t10?,11-/m0/s1. The molecule has 1 rings (SSSR count). The van der Waals surface area contributed by atoms with Gasteiger partial charge in [0.25, 0.3) is 0 Å². The van der Waals surface area contributed by atoms with Crippen molar-refractivity contribution >= 4 is 17.5 Å². The maximum Gasteiger partial charge on any atom is 0.320 e. The van der Waals surface area contributed by atoms with E-state index in [0.717, 1.165) is 0 Å². The lowest BCUT2D eigenvalue weighted by Gasteiger charge is -2.30. The highest BCUT2D eigenvalue weighted by Crippen LogP contribution is 2.35. The number of Topliss-reactive ketones (excluding diaryl/α,β-unsaturated/α-hetero) is 2. The smallest absolute Gasteiger partial charge is 0.320 e. The predicted octanol–water partition coefficient (Wildman–Crippen LogP) is 1.17. The average molecular weight is 310 g/mol. The van der Waals surface area contributed by atoms with E-state index in [1.165, 1.54) is 0 Å². The first kappa shape index (κ1) is 18.5. The van der Waals surface area contributed by atoms with Gasteiger partial charge in [-0.3, -0.25) is 14.4 Å². The molecule has 1 aliphatic carbocycles. The number of rotatable bonds is 6. The molecule has 0 heterocycles. The molecular weight excluding hydrogens is 284 g/mol. The van der Waals surface area contributed by atoms with E-state index in [0.29, 0.717) is 37.7 Å². The molecule has 0 radical (unpaired) electrons. The zero-order valence-electron chi connectivity index (χ0n) is 13.5. The van der Waals surface area contributed by atoms with Crippen molar-refractivity contribution in [2.45, 2.75) is 65.0 Å². The Balaban J connectivity index is 2.72. The second-order valence-corrected chi connectivity index (χ2v) is 6.90. The second kappa shape index (κ2) is 7.15. The largest absolute Gasteiger partial charge is 0.480 e. The quantitative estimate of drug-likeness (QED) is 0.500. The van der Waals surface area contributed by atoms with Crippen LogP contribution in [0.15, 0.2) is 11.1 Å². The summed E-state index contributed by atoms with van der Waals surface area (Å²) < 4.78 is 0. The minimum absolute atomic E-state index is 0.142. The Kier molecular flexibility index (Phi) is 6.02. The third-order valence-corrected chi connectivity index (χ3v) is 4.13. The topological polar surface area (TPSA) is 123 Å². The van der Waals surface area contributed by atoms with Crippen LogP contribution in [0.1, 0.15) is 52.9 Å². The van der Waals surface area contributed by atoms with Crippen molar-refractivity contribution in [3.63, 3.8) is 0 Å². The molecule has 1 fully saturated rings. The van der Waals surface area contributed by atoms with E-state index >= 15 is 0 Å². The number of nitrogens with two attached hydrogens (primary N) is 2. The predicted molar refractivity (Wildman–Crippen MR) is 83.2 cm³/mol.